The van der Waals surface area contributed by atoms with E-state index in [2.05, 4.69) is 223 Å². The van der Waals surface area contributed by atoms with Crippen LogP contribution in [0.1, 0.15) is 0 Å². The van der Waals surface area contributed by atoms with Crippen molar-refractivity contribution in [3.63, 3.8) is 0 Å². The van der Waals surface area contributed by atoms with Gasteiger partial charge in [0.2, 0.25) is 0 Å². The van der Waals surface area contributed by atoms with Crippen molar-refractivity contribution in [1.29, 1.82) is 0 Å². The molecular weight excluding hydrogens is 773 g/mol. The summed E-state index contributed by atoms with van der Waals surface area (Å²) in [4.78, 5) is 3.91. The van der Waals surface area contributed by atoms with Crippen molar-refractivity contribution >= 4 is 53.3 Å². The minimum atomic E-state index is 0.765. The lowest BCUT2D eigenvalue weighted by Gasteiger charge is -2.26. The van der Waals surface area contributed by atoms with E-state index in [4.69, 9.17) is 10.2 Å². The maximum absolute atomic E-state index is 5.13. The van der Waals surface area contributed by atoms with E-state index in [1.54, 1.807) is 0 Å². The van der Waals surface area contributed by atoms with E-state index in [0.29, 0.717) is 0 Å². The van der Waals surface area contributed by atoms with Crippen molar-refractivity contribution in [3.8, 4) is 78.1 Å². The van der Waals surface area contributed by atoms with Crippen LogP contribution in [-0.2, 0) is 0 Å². The van der Waals surface area contributed by atoms with E-state index in [1.807, 2.05) is 11.3 Å². The molecule has 4 nitrogen and oxygen atoms in total. The highest BCUT2D eigenvalue weighted by Gasteiger charge is 2.31. The molecular formula is C57H36N4S. The van der Waals surface area contributed by atoms with Gasteiger partial charge in [-0.2, -0.15) is 0 Å². The number of H-pyrrole nitrogens is 1. The minimum absolute atomic E-state index is 0.765. The molecule has 12 rings (SSSR count). The molecule has 0 bridgehead atoms. The summed E-state index contributed by atoms with van der Waals surface area (Å²) in [6.07, 6.45) is 0. The predicted molar refractivity (Wildman–Crippen MR) is 260 cm³/mol. The fourth-order valence-corrected chi connectivity index (χ4v) is 10.5. The van der Waals surface area contributed by atoms with Gasteiger partial charge in [0.25, 0.3) is 0 Å². The van der Waals surface area contributed by atoms with Crippen LogP contribution in [0.5, 0.6) is 0 Å². The van der Waals surface area contributed by atoms with Crippen molar-refractivity contribution in [3.05, 3.63) is 212 Å². The van der Waals surface area contributed by atoms with Gasteiger partial charge in [0, 0.05) is 69.8 Å². The third-order valence-electron chi connectivity index (χ3n) is 12.1. The van der Waals surface area contributed by atoms with Crippen LogP contribution >= 0.6 is 11.3 Å². The second-order valence-corrected chi connectivity index (χ2v) is 16.7. The Morgan fingerprint density at radius 2 is 0.871 bits per heavy atom. The van der Waals surface area contributed by atoms with Crippen LogP contribution in [0.2, 0.25) is 0 Å². The first-order valence-corrected chi connectivity index (χ1v) is 21.7. The number of benzene rings is 9. The highest BCUT2D eigenvalue weighted by atomic mass is 32.1. The number of para-hydroxylation sites is 2. The number of nitrogens with one attached hydrogen (secondary N) is 1. The summed E-state index contributed by atoms with van der Waals surface area (Å²) in [5.41, 5.74) is 16.5. The quantitative estimate of drug-likeness (QED) is 0.174. The molecule has 0 aliphatic rings. The van der Waals surface area contributed by atoms with Crippen LogP contribution in [0.15, 0.2) is 212 Å². The van der Waals surface area contributed by atoms with E-state index >= 15 is 0 Å². The van der Waals surface area contributed by atoms with Gasteiger partial charge >= 0.3 is 0 Å². The molecule has 9 aromatic carbocycles. The summed E-state index contributed by atoms with van der Waals surface area (Å²) >= 11 is 1.81. The van der Waals surface area contributed by atoms with E-state index in [-0.39, 0.29) is 0 Å². The molecule has 0 spiro atoms. The molecule has 3 aromatic heterocycles. The minimum Gasteiger partial charge on any atom is -0.354 e. The molecule has 0 unspecified atom stereocenters. The number of aromatic nitrogens is 4. The third kappa shape index (κ3) is 5.86. The number of hydrogen-bond acceptors (Lipinski definition) is 4. The standard InChI is InChI=1S/C57H36N4S/c1-5-19-36(20-6-1)45-35-46(37-21-7-2-8-22-37)53(52(50(45)38-23-9-3-10-24-38)44-30-17-29-41-40-27-13-15-32-47(40)58-56(41)44)54-55(39-25-11-4-12-26-39)59-61-60-57(54)43-31-18-34-49-51(43)42-28-14-16-33-48(42)62-49/h1-35,58H. The molecule has 290 valence electrons. The zero-order chi connectivity index (χ0) is 41.0. The maximum Gasteiger partial charge on any atom is 0.105 e. The van der Waals surface area contributed by atoms with Crippen LogP contribution in [0.3, 0.4) is 0 Å². The van der Waals surface area contributed by atoms with Crippen LogP contribution in [-0.4, -0.2) is 20.4 Å². The summed E-state index contributed by atoms with van der Waals surface area (Å²) in [5.74, 6) is 0. The molecule has 3 heterocycles. The van der Waals surface area contributed by atoms with E-state index in [1.165, 1.54) is 30.9 Å². The number of hydrogen-bond donors (Lipinski definition) is 1. The van der Waals surface area contributed by atoms with Gasteiger partial charge in [-0.25, -0.2) is 0 Å². The van der Waals surface area contributed by atoms with Crippen LogP contribution in [0.4, 0.5) is 0 Å². The van der Waals surface area contributed by atoms with Crippen molar-refractivity contribution in [1.82, 2.24) is 20.4 Å². The number of nitrogens with zero attached hydrogens (tertiary/aromatic N) is 3. The highest BCUT2D eigenvalue weighted by molar-refractivity contribution is 7.25. The number of rotatable bonds is 7. The largest absolute Gasteiger partial charge is 0.354 e. The zero-order valence-corrected chi connectivity index (χ0v) is 34.3. The first kappa shape index (κ1) is 35.9. The molecule has 12 aromatic rings. The fraction of sp³-hybridized carbons (Fsp3) is 0. The lowest BCUT2D eigenvalue weighted by molar-refractivity contribution is 0.879. The summed E-state index contributed by atoms with van der Waals surface area (Å²) in [6.45, 7) is 0. The molecule has 0 saturated carbocycles. The van der Waals surface area contributed by atoms with Gasteiger partial charge in [-0.05, 0) is 62.9 Å². The van der Waals surface area contributed by atoms with Gasteiger partial charge < -0.3 is 4.98 Å². The summed E-state index contributed by atoms with van der Waals surface area (Å²) in [7, 11) is 0. The summed E-state index contributed by atoms with van der Waals surface area (Å²) in [6, 6.07) is 75.9. The Morgan fingerprint density at radius 1 is 0.339 bits per heavy atom. The smallest absolute Gasteiger partial charge is 0.105 e. The van der Waals surface area contributed by atoms with Crippen molar-refractivity contribution in [2.45, 2.75) is 0 Å². The van der Waals surface area contributed by atoms with Gasteiger partial charge in [-0.15, -0.1) is 21.5 Å². The Kier molecular flexibility index (Phi) is 8.65. The molecule has 0 aliphatic carbocycles. The molecule has 0 atom stereocenters. The number of thiophene rings is 1. The Bertz CT molecular complexity index is 3610. The second-order valence-electron chi connectivity index (χ2n) is 15.6. The SMILES string of the molecule is c1ccc(-c2cc(-c3ccccc3)c(-c3c(-c4ccccc4)nnnc3-c3cccc4sc5ccccc5c34)c(-c3cccc4c3[nH]c3ccccc34)c2-c2ccccc2)cc1. The van der Waals surface area contributed by atoms with E-state index in [0.717, 1.165) is 89.2 Å². The first-order chi connectivity index (χ1) is 30.8. The van der Waals surface area contributed by atoms with Crippen LogP contribution < -0.4 is 0 Å². The molecule has 0 aliphatic heterocycles. The molecule has 62 heavy (non-hydrogen) atoms. The fourth-order valence-electron chi connectivity index (χ4n) is 9.41. The van der Waals surface area contributed by atoms with Crippen LogP contribution in [0, 0.1) is 0 Å². The average Bonchev–Trinajstić information content (AvgIpc) is 3.93. The second kappa shape index (κ2) is 14.9. The van der Waals surface area contributed by atoms with E-state index < -0.39 is 0 Å². The van der Waals surface area contributed by atoms with Gasteiger partial charge in [-0.3, -0.25) is 0 Å². The maximum atomic E-state index is 5.13. The third-order valence-corrected chi connectivity index (χ3v) is 13.2. The molecule has 0 fully saturated rings. The molecule has 5 heteroatoms. The van der Waals surface area contributed by atoms with Crippen LogP contribution in [0.25, 0.3) is 120 Å². The van der Waals surface area contributed by atoms with Gasteiger partial charge in [-0.1, -0.05) is 188 Å². The first-order valence-electron chi connectivity index (χ1n) is 20.9. The molecule has 0 saturated heterocycles. The van der Waals surface area contributed by atoms with Crippen molar-refractivity contribution in [2.75, 3.05) is 0 Å². The Hall–Kier alpha value is -7.99. The summed E-state index contributed by atoms with van der Waals surface area (Å²) < 4.78 is 2.43. The lowest BCUT2D eigenvalue weighted by Crippen LogP contribution is -2.05. The highest BCUT2D eigenvalue weighted by Crippen LogP contribution is 2.55. The topological polar surface area (TPSA) is 54.5 Å². The molecule has 0 radical (unpaired) electrons. The zero-order valence-electron chi connectivity index (χ0n) is 33.5. The Labute approximate surface area is 362 Å². The number of aromatic amines is 1. The predicted octanol–water partition coefficient (Wildman–Crippen LogP) is 15.5. The van der Waals surface area contributed by atoms with Crippen molar-refractivity contribution in [2.24, 2.45) is 0 Å². The molecule has 0 amide bonds. The van der Waals surface area contributed by atoms with Gasteiger partial charge in [0.05, 0.1) is 5.52 Å². The van der Waals surface area contributed by atoms with Gasteiger partial charge in [0.1, 0.15) is 11.4 Å². The average molecular weight is 809 g/mol. The number of fused-ring (bicyclic) bond motifs is 6. The molecule has 1 N–H and O–H groups in total. The van der Waals surface area contributed by atoms with Crippen molar-refractivity contribution < 1.29 is 0 Å². The van der Waals surface area contributed by atoms with Gasteiger partial charge in [0.15, 0.2) is 0 Å². The summed E-state index contributed by atoms with van der Waals surface area (Å²) in [5, 5.41) is 19.5. The Morgan fingerprint density at radius 3 is 1.60 bits per heavy atom. The van der Waals surface area contributed by atoms with E-state index in [9.17, 15) is 0 Å². The monoisotopic (exact) mass is 808 g/mol. The Balaban J connectivity index is 1.35. The normalized spacial score (nSPS) is 11.5. The lowest BCUT2D eigenvalue weighted by atomic mass is 9.77.